The molecular weight excluding hydrogens is 220 g/mol. The van der Waals surface area contributed by atoms with Crippen molar-refractivity contribution in [3.63, 3.8) is 0 Å². The van der Waals surface area contributed by atoms with Crippen molar-refractivity contribution >= 4 is 17.7 Å². The molecule has 1 heterocycles. The van der Waals surface area contributed by atoms with Gasteiger partial charge < -0.3 is 10.6 Å². The van der Waals surface area contributed by atoms with E-state index in [1.54, 1.807) is 0 Å². The lowest BCUT2D eigenvalue weighted by Gasteiger charge is -2.27. The van der Waals surface area contributed by atoms with Gasteiger partial charge in [-0.15, -0.1) is 0 Å². The van der Waals surface area contributed by atoms with E-state index in [1.165, 1.54) is 0 Å². The molecule has 1 aliphatic rings. The van der Waals surface area contributed by atoms with Crippen molar-refractivity contribution in [2.75, 3.05) is 25.1 Å². The van der Waals surface area contributed by atoms with Crippen LogP contribution in [0.4, 0.5) is 0 Å². The third-order valence-electron chi connectivity index (χ3n) is 3.34. The predicted molar refractivity (Wildman–Crippen MR) is 70.8 cm³/mol. The van der Waals surface area contributed by atoms with Crippen LogP contribution in [0, 0.1) is 5.92 Å². The van der Waals surface area contributed by atoms with Crippen molar-refractivity contribution in [3.8, 4) is 0 Å². The number of amides is 1. The number of carbonyl (C=O) groups excluding carboxylic acids is 1. The molecule has 0 saturated carbocycles. The topological polar surface area (TPSA) is 41.1 Å². The Labute approximate surface area is 103 Å². The van der Waals surface area contributed by atoms with Crippen LogP contribution in [0.1, 0.15) is 33.1 Å². The molecule has 4 heteroatoms. The summed E-state index contributed by atoms with van der Waals surface area (Å²) in [6.07, 6.45) is 5.08. The maximum absolute atomic E-state index is 12.1. The standard InChI is InChI=1S/C12H24N2OS/c1-4-12(6-5-7-14-12)11(15)13-8-10(2)9-16-3/h10,14H,4-9H2,1-3H3,(H,13,15). The zero-order valence-corrected chi connectivity index (χ0v) is 11.5. The van der Waals surface area contributed by atoms with E-state index < -0.39 is 0 Å². The maximum atomic E-state index is 12.1. The number of rotatable bonds is 6. The molecule has 2 N–H and O–H groups in total. The second-order valence-corrected chi connectivity index (χ2v) is 5.65. The monoisotopic (exact) mass is 244 g/mol. The average Bonchev–Trinajstić information content (AvgIpc) is 2.76. The first-order valence-corrected chi connectivity index (χ1v) is 7.56. The zero-order chi connectivity index (χ0) is 12.0. The highest BCUT2D eigenvalue weighted by atomic mass is 32.2. The Balaban J connectivity index is 2.38. The van der Waals surface area contributed by atoms with Gasteiger partial charge in [0, 0.05) is 6.54 Å². The first-order valence-electron chi connectivity index (χ1n) is 6.17. The molecule has 0 radical (unpaired) electrons. The van der Waals surface area contributed by atoms with Gasteiger partial charge in [-0.3, -0.25) is 4.79 Å². The Hall–Kier alpha value is -0.220. The Bertz CT molecular complexity index is 227. The van der Waals surface area contributed by atoms with Crippen LogP contribution < -0.4 is 10.6 Å². The number of carbonyl (C=O) groups is 1. The summed E-state index contributed by atoms with van der Waals surface area (Å²) in [5.41, 5.74) is -0.279. The fourth-order valence-electron chi connectivity index (χ4n) is 2.24. The quantitative estimate of drug-likeness (QED) is 0.746. The molecule has 0 aliphatic carbocycles. The third kappa shape index (κ3) is 3.39. The Morgan fingerprint density at radius 2 is 2.38 bits per heavy atom. The van der Waals surface area contributed by atoms with Crippen LogP contribution in [0.25, 0.3) is 0 Å². The summed E-state index contributed by atoms with van der Waals surface area (Å²) in [4.78, 5) is 12.1. The van der Waals surface area contributed by atoms with E-state index in [1.807, 2.05) is 11.8 Å². The number of nitrogens with one attached hydrogen (secondary N) is 2. The van der Waals surface area contributed by atoms with Crippen LogP contribution in [0.5, 0.6) is 0 Å². The highest BCUT2D eigenvalue weighted by Crippen LogP contribution is 2.23. The summed E-state index contributed by atoms with van der Waals surface area (Å²) in [7, 11) is 0. The van der Waals surface area contributed by atoms with E-state index in [4.69, 9.17) is 0 Å². The van der Waals surface area contributed by atoms with Crippen LogP contribution in [-0.2, 0) is 4.79 Å². The predicted octanol–water partition coefficient (Wildman–Crippen LogP) is 1.63. The van der Waals surface area contributed by atoms with Gasteiger partial charge in [0.05, 0.1) is 5.54 Å². The van der Waals surface area contributed by atoms with E-state index in [0.29, 0.717) is 5.92 Å². The maximum Gasteiger partial charge on any atom is 0.240 e. The van der Waals surface area contributed by atoms with Crippen molar-refractivity contribution in [1.82, 2.24) is 10.6 Å². The van der Waals surface area contributed by atoms with Gasteiger partial charge in [0.1, 0.15) is 0 Å². The van der Waals surface area contributed by atoms with Gasteiger partial charge in [0.15, 0.2) is 0 Å². The lowest BCUT2D eigenvalue weighted by atomic mass is 9.93. The van der Waals surface area contributed by atoms with Gasteiger partial charge in [0.25, 0.3) is 0 Å². The van der Waals surface area contributed by atoms with Crippen molar-refractivity contribution < 1.29 is 4.79 Å². The fourth-order valence-corrected chi connectivity index (χ4v) is 2.93. The molecule has 16 heavy (non-hydrogen) atoms. The molecule has 1 saturated heterocycles. The Morgan fingerprint density at radius 3 is 2.88 bits per heavy atom. The van der Waals surface area contributed by atoms with E-state index in [0.717, 1.165) is 38.1 Å². The smallest absolute Gasteiger partial charge is 0.240 e. The van der Waals surface area contributed by atoms with Crippen molar-refractivity contribution in [1.29, 1.82) is 0 Å². The Morgan fingerprint density at radius 1 is 1.62 bits per heavy atom. The number of hydrogen-bond donors (Lipinski definition) is 2. The van der Waals surface area contributed by atoms with Gasteiger partial charge in [0.2, 0.25) is 5.91 Å². The van der Waals surface area contributed by atoms with Gasteiger partial charge in [-0.1, -0.05) is 13.8 Å². The first kappa shape index (κ1) is 13.8. The molecule has 1 amide bonds. The number of hydrogen-bond acceptors (Lipinski definition) is 3. The summed E-state index contributed by atoms with van der Waals surface area (Å²) in [5, 5.41) is 6.44. The molecule has 0 bridgehead atoms. The van der Waals surface area contributed by atoms with Crippen molar-refractivity contribution in [2.45, 2.75) is 38.6 Å². The van der Waals surface area contributed by atoms with E-state index in [2.05, 4.69) is 30.7 Å². The first-order chi connectivity index (χ1) is 7.64. The molecule has 3 nitrogen and oxygen atoms in total. The van der Waals surface area contributed by atoms with Gasteiger partial charge in [-0.2, -0.15) is 11.8 Å². The SMILES string of the molecule is CCC1(C(=O)NCC(C)CSC)CCCN1. The summed E-state index contributed by atoms with van der Waals surface area (Å²) in [5.74, 6) is 1.85. The van der Waals surface area contributed by atoms with E-state index >= 15 is 0 Å². The second kappa shape index (κ2) is 6.50. The Kier molecular flexibility index (Phi) is 5.62. The molecule has 94 valence electrons. The van der Waals surface area contributed by atoms with Crippen molar-refractivity contribution in [2.24, 2.45) is 5.92 Å². The molecule has 1 aliphatic heterocycles. The zero-order valence-electron chi connectivity index (χ0n) is 10.6. The van der Waals surface area contributed by atoms with Crippen LogP contribution in [-0.4, -0.2) is 36.5 Å². The van der Waals surface area contributed by atoms with Crippen LogP contribution >= 0.6 is 11.8 Å². The van der Waals surface area contributed by atoms with Gasteiger partial charge in [-0.05, 0) is 43.7 Å². The summed E-state index contributed by atoms with van der Waals surface area (Å²) in [6, 6.07) is 0. The third-order valence-corrected chi connectivity index (χ3v) is 4.25. The summed E-state index contributed by atoms with van der Waals surface area (Å²) in [6.45, 7) is 6.03. The molecule has 2 atom stereocenters. The van der Waals surface area contributed by atoms with Gasteiger partial charge in [-0.25, -0.2) is 0 Å². The van der Waals surface area contributed by atoms with Crippen LogP contribution in [0.3, 0.4) is 0 Å². The van der Waals surface area contributed by atoms with Crippen molar-refractivity contribution in [3.05, 3.63) is 0 Å². The normalized spacial score (nSPS) is 26.7. The molecule has 1 fully saturated rings. The molecule has 2 unspecified atom stereocenters. The lowest BCUT2D eigenvalue weighted by molar-refractivity contribution is -0.127. The minimum Gasteiger partial charge on any atom is -0.354 e. The molecule has 0 aromatic heterocycles. The highest BCUT2D eigenvalue weighted by Gasteiger charge is 2.38. The average molecular weight is 244 g/mol. The fraction of sp³-hybridized carbons (Fsp3) is 0.917. The molecule has 0 aromatic carbocycles. The van der Waals surface area contributed by atoms with Crippen LogP contribution in [0.2, 0.25) is 0 Å². The van der Waals surface area contributed by atoms with Gasteiger partial charge >= 0.3 is 0 Å². The minimum atomic E-state index is -0.279. The number of thioether (sulfide) groups is 1. The van der Waals surface area contributed by atoms with Crippen LogP contribution in [0.15, 0.2) is 0 Å². The molecular formula is C12H24N2OS. The second-order valence-electron chi connectivity index (χ2n) is 4.74. The molecule has 1 rings (SSSR count). The molecule has 0 spiro atoms. The minimum absolute atomic E-state index is 0.195. The van der Waals surface area contributed by atoms with E-state index in [9.17, 15) is 4.79 Å². The van der Waals surface area contributed by atoms with E-state index in [-0.39, 0.29) is 11.4 Å². The largest absolute Gasteiger partial charge is 0.354 e. The highest BCUT2D eigenvalue weighted by molar-refractivity contribution is 7.98. The summed E-state index contributed by atoms with van der Waals surface area (Å²) >= 11 is 1.83. The molecule has 0 aromatic rings. The lowest BCUT2D eigenvalue weighted by Crippen LogP contribution is -2.53. The summed E-state index contributed by atoms with van der Waals surface area (Å²) < 4.78 is 0.